The van der Waals surface area contributed by atoms with Crippen molar-refractivity contribution in [2.45, 2.75) is 16.2 Å². The molecule has 0 fully saturated rings. The molecule has 2 heteroatoms. The van der Waals surface area contributed by atoms with E-state index >= 15 is 0 Å². The van der Waals surface area contributed by atoms with Gasteiger partial charge in [0.2, 0.25) is 0 Å². The zero-order valence-electron chi connectivity index (χ0n) is 9.23. The molecular formula is C14H16NS+. The van der Waals surface area contributed by atoms with Crippen LogP contribution in [0.2, 0.25) is 0 Å². The van der Waals surface area contributed by atoms with Crippen LogP contribution in [-0.2, 0) is 6.42 Å². The van der Waals surface area contributed by atoms with E-state index in [1.165, 1.54) is 15.4 Å². The van der Waals surface area contributed by atoms with Crippen LogP contribution in [0.1, 0.15) is 5.56 Å². The molecule has 0 saturated carbocycles. The quantitative estimate of drug-likeness (QED) is 0.859. The Morgan fingerprint density at radius 1 is 0.875 bits per heavy atom. The second kappa shape index (κ2) is 5.73. The van der Waals surface area contributed by atoms with Crippen LogP contribution in [0.15, 0.2) is 64.4 Å². The molecule has 0 unspecified atom stereocenters. The summed E-state index contributed by atoms with van der Waals surface area (Å²) in [5.41, 5.74) is 5.31. The minimum absolute atomic E-state index is 0.951. The zero-order chi connectivity index (χ0) is 11.2. The van der Waals surface area contributed by atoms with Crippen molar-refractivity contribution in [1.82, 2.24) is 0 Å². The number of benzene rings is 2. The molecule has 0 aliphatic rings. The molecule has 0 aliphatic carbocycles. The van der Waals surface area contributed by atoms with Crippen molar-refractivity contribution in [2.24, 2.45) is 0 Å². The van der Waals surface area contributed by atoms with E-state index in [0.29, 0.717) is 0 Å². The van der Waals surface area contributed by atoms with Crippen LogP contribution in [0, 0.1) is 0 Å². The number of hydrogen-bond acceptors (Lipinski definition) is 1. The van der Waals surface area contributed by atoms with Crippen LogP contribution in [0.3, 0.4) is 0 Å². The van der Waals surface area contributed by atoms with Gasteiger partial charge in [-0.15, -0.1) is 0 Å². The van der Waals surface area contributed by atoms with Gasteiger partial charge in [0.05, 0.1) is 6.54 Å². The summed E-state index contributed by atoms with van der Waals surface area (Å²) in [5, 5.41) is 0. The Morgan fingerprint density at radius 3 is 2.31 bits per heavy atom. The van der Waals surface area contributed by atoms with Crippen molar-refractivity contribution in [1.29, 1.82) is 0 Å². The summed E-state index contributed by atoms with van der Waals surface area (Å²) in [6.45, 7) is 0.951. The lowest BCUT2D eigenvalue weighted by molar-refractivity contribution is -0.366. The van der Waals surface area contributed by atoms with Crippen molar-refractivity contribution in [3.05, 3.63) is 60.2 Å². The Hall–Kier alpha value is -1.25. The summed E-state index contributed by atoms with van der Waals surface area (Å²) in [5.74, 6) is 0. The molecule has 0 amide bonds. The summed E-state index contributed by atoms with van der Waals surface area (Å²) in [4.78, 5) is 2.64. The molecule has 82 valence electrons. The largest absolute Gasteiger partial charge is 0.357 e. The highest BCUT2D eigenvalue weighted by Gasteiger charge is 2.03. The van der Waals surface area contributed by atoms with E-state index in [-0.39, 0.29) is 0 Å². The van der Waals surface area contributed by atoms with Gasteiger partial charge in [0, 0.05) is 16.2 Å². The lowest BCUT2D eigenvalue weighted by Gasteiger charge is -2.07. The summed E-state index contributed by atoms with van der Waals surface area (Å²) in [6.07, 6.45) is 1.05. The Morgan fingerprint density at radius 2 is 1.56 bits per heavy atom. The van der Waals surface area contributed by atoms with E-state index in [2.05, 4.69) is 54.3 Å². The van der Waals surface area contributed by atoms with E-state index in [4.69, 9.17) is 0 Å². The highest BCUT2D eigenvalue weighted by atomic mass is 32.2. The molecule has 0 aliphatic heterocycles. The number of hydrogen-bond donors (Lipinski definition) is 1. The highest BCUT2D eigenvalue weighted by molar-refractivity contribution is 7.99. The molecule has 0 aromatic heterocycles. The zero-order valence-corrected chi connectivity index (χ0v) is 10.0. The van der Waals surface area contributed by atoms with Gasteiger partial charge in [-0.2, -0.15) is 0 Å². The van der Waals surface area contributed by atoms with E-state index in [0.717, 1.165) is 13.0 Å². The molecule has 0 bridgehead atoms. The highest BCUT2D eigenvalue weighted by Crippen LogP contribution is 2.30. The first-order valence-corrected chi connectivity index (χ1v) is 6.32. The average molecular weight is 230 g/mol. The van der Waals surface area contributed by atoms with Gasteiger partial charge in [-0.3, -0.25) is 0 Å². The molecule has 0 radical (unpaired) electrons. The van der Waals surface area contributed by atoms with Crippen molar-refractivity contribution in [3.63, 3.8) is 0 Å². The molecule has 3 N–H and O–H groups in total. The summed E-state index contributed by atoms with van der Waals surface area (Å²) in [7, 11) is 0. The minimum Gasteiger partial charge on any atom is -0.357 e. The Labute approximate surface area is 101 Å². The first-order valence-electron chi connectivity index (χ1n) is 5.50. The fourth-order valence-corrected chi connectivity index (χ4v) is 2.61. The fraction of sp³-hybridized carbons (Fsp3) is 0.143. The van der Waals surface area contributed by atoms with E-state index in [9.17, 15) is 0 Å². The Balaban J connectivity index is 2.21. The molecular weight excluding hydrogens is 214 g/mol. The van der Waals surface area contributed by atoms with Crippen LogP contribution < -0.4 is 5.73 Å². The molecule has 0 atom stereocenters. The van der Waals surface area contributed by atoms with Crippen LogP contribution >= 0.6 is 11.8 Å². The van der Waals surface area contributed by atoms with Gasteiger partial charge in [-0.1, -0.05) is 48.2 Å². The topological polar surface area (TPSA) is 27.6 Å². The van der Waals surface area contributed by atoms with Crippen molar-refractivity contribution >= 4 is 11.8 Å². The average Bonchev–Trinajstić information content (AvgIpc) is 2.33. The van der Waals surface area contributed by atoms with Gasteiger partial charge < -0.3 is 5.73 Å². The van der Waals surface area contributed by atoms with E-state index in [1.807, 2.05) is 17.8 Å². The Bertz CT molecular complexity index is 439. The maximum Gasteiger partial charge on any atom is 0.0781 e. The van der Waals surface area contributed by atoms with Gasteiger partial charge in [-0.25, -0.2) is 0 Å². The molecule has 2 aromatic carbocycles. The van der Waals surface area contributed by atoms with Crippen molar-refractivity contribution in [2.75, 3.05) is 6.54 Å². The van der Waals surface area contributed by atoms with Gasteiger partial charge in [0.1, 0.15) is 0 Å². The van der Waals surface area contributed by atoms with Gasteiger partial charge in [-0.05, 0) is 23.8 Å². The number of quaternary nitrogens is 1. The van der Waals surface area contributed by atoms with Crippen molar-refractivity contribution in [3.8, 4) is 0 Å². The first kappa shape index (κ1) is 11.2. The standard InChI is InChI=1S/C14H15NS/c15-11-10-12-6-4-5-9-14(12)16-13-7-2-1-3-8-13/h1-9H,10-11,15H2/p+1. The maximum absolute atomic E-state index is 3.92. The van der Waals surface area contributed by atoms with E-state index < -0.39 is 0 Å². The predicted octanol–water partition coefficient (Wildman–Crippen LogP) is 2.62. The van der Waals surface area contributed by atoms with Gasteiger partial charge in [0.15, 0.2) is 0 Å². The van der Waals surface area contributed by atoms with Crippen LogP contribution in [-0.4, -0.2) is 6.54 Å². The molecule has 2 rings (SSSR count). The third-order valence-corrected chi connectivity index (χ3v) is 3.52. The Kier molecular flexibility index (Phi) is 4.03. The fourth-order valence-electron chi connectivity index (χ4n) is 1.62. The summed E-state index contributed by atoms with van der Waals surface area (Å²) >= 11 is 1.83. The van der Waals surface area contributed by atoms with Gasteiger partial charge >= 0.3 is 0 Å². The van der Waals surface area contributed by atoms with Crippen LogP contribution in [0.5, 0.6) is 0 Å². The molecule has 0 saturated heterocycles. The molecule has 0 spiro atoms. The summed E-state index contributed by atoms with van der Waals surface area (Å²) < 4.78 is 0. The van der Waals surface area contributed by atoms with Gasteiger partial charge in [0.25, 0.3) is 0 Å². The predicted molar refractivity (Wildman–Crippen MR) is 68.5 cm³/mol. The smallest absolute Gasteiger partial charge is 0.0781 e. The molecule has 16 heavy (non-hydrogen) atoms. The molecule has 0 heterocycles. The summed E-state index contributed by atoms with van der Waals surface area (Å²) in [6, 6.07) is 19.1. The first-order chi connectivity index (χ1) is 7.90. The minimum atomic E-state index is 0.951. The normalized spacial score (nSPS) is 10.3. The lowest BCUT2D eigenvalue weighted by atomic mass is 10.1. The monoisotopic (exact) mass is 230 g/mol. The van der Waals surface area contributed by atoms with E-state index in [1.54, 1.807) is 0 Å². The molecule has 2 aromatic rings. The van der Waals surface area contributed by atoms with Crippen LogP contribution in [0.4, 0.5) is 0 Å². The SMILES string of the molecule is [NH3+]CCc1ccccc1Sc1ccccc1. The lowest BCUT2D eigenvalue weighted by Crippen LogP contribution is -2.51. The van der Waals surface area contributed by atoms with Crippen molar-refractivity contribution < 1.29 is 5.73 Å². The third-order valence-electron chi connectivity index (χ3n) is 2.39. The second-order valence-corrected chi connectivity index (χ2v) is 4.74. The second-order valence-electron chi connectivity index (χ2n) is 3.63. The number of rotatable bonds is 4. The maximum atomic E-state index is 3.92. The molecule has 1 nitrogen and oxygen atoms in total. The third kappa shape index (κ3) is 2.87. The van der Waals surface area contributed by atoms with Crippen LogP contribution in [0.25, 0.3) is 0 Å².